The molecule has 0 aromatic heterocycles. The van der Waals surface area contributed by atoms with E-state index in [9.17, 15) is 9.59 Å². The van der Waals surface area contributed by atoms with Crippen molar-refractivity contribution in [3.8, 4) is 0 Å². The summed E-state index contributed by atoms with van der Waals surface area (Å²) >= 11 is 5.89. The van der Waals surface area contributed by atoms with Crippen molar-refractivity contribution in [3.05, 3.63) is 64.7 Å². The number of nitrogens with zero attached hydrogens (tertiary/aromatic N) is 1. The Morgan fingerprint density at radius 1 is 1.05 bits per heavy atom. The van der Waals surface area contributed by atoms with Crippen molar-refractivity contribution in [3.63, 3.8) is 0 Å². The molecular formula is C16H14ClN3O2. The molecule has 2 amide bonds. The molecule has 112 valence electrons. The highest BCUT2D eigenvalue weighted by atomic mass is 35.5. The number of hydrogen-bond donors (Lipinski definition) is 2. The van der Waals surface area contributed by atoms with Crippen LogP contribution in [0.5, 0.6) is 0 Å². The lowest BCUT2D eigenvalue weighted by Gasteiger charge is -2.05. The number of benzene rings is 2. The number of rotatable bonds is 3. The van der Waals surface area contributed by atoms with Crippen molar-refractivity contribution in [2.24, 2.45) is 5.10 Å². The second-order valence-electron chi connectivity index (χ2n) is 4.54. The fourth-order valence-electron chi connectivity index (χ4n) is 1.61. The largest absolute Gasteiger partial charge is 0.329 e. The predicted octanol–water partition coefficient (Wildman–Crippen LogP) is 2.74. The zero-order valence-corrected chi connectivity index (χ0v) is 12.6. The zero-order chi connectivity index (χ0) is 15.9. The molecule has 0 aliphatic carbocycles. The third kappa shape index (κ3) is 4.43. The van der Waals surface area contributed by atoms with E-state index in [1.807, 2.05) is 31.2 Å². The van der Waals surface area contributed by atoms with Crippen LogP contribution in [0.15, 0.2) is 53.6 Å². The van der Waals surface area contributed by atoms with Crippen LogP contribution in [0.25, 0.3) is 0 Å². The molecule has 2 rings (SSSR count). The van der Waals surface area contributed by atoms with Crippen molar-refractivity contribution >= 4 is 35.3 Å². The third-order valence-corrected chi connectivity index (χ3v) is 3.11. The second-order valence-corrected chi connectivity index (χ2v) is 4.95. The maximum absolute atomic E-state index is 11.7. The zero-order valence-electron chi connectivity index (χ0n) is 11.8. The first-order valence-electron chi connectivity index (χ1n) is 6.52. The van der Waals surface area contributed by atoms with Gasteiger partial charge in [0.25, 0.3) is 0 Å². The van der Waals surface area contributed by atoms with E-state index in [1.54, 1.807) is 24.3 Å². The van der Waals surface area contributed by atoms with Gasteiger partial charge in [-0.1, -0.05) is 53.6 Å². The molecule has 0 saturated heterocycles. The summed E-state index contributed by atoms with van der Waals surface area (Å²) in [6, 6.07) is 14.2. The molecule has 2 aromatic carbocycles. The predicted molar refractivity (Wildman–Crippen MR) is 87.0 cm³/mol. The third-order valence-electron chi connectivity index (χ3n) is 2.79. The van der Waals surface area contributed by atoms with Crippen LogP contribution >= 0.6 is 11.6 Å². The standard InChI is InChI=1S/C16H14ClN3O2/c1-11-6-8-12(9-7-11)10-18-20-16(22)15(21)19-14-5-3-2-4-13(14)17/h2-10H,1H3,(H,19,21)(H,20,22)/b18-10-. The van der Waals surface area contributed by atoms with Gasteiger partial charge in [0, 0.05) is 0 Å². The Hall–Kier alpha value is -2.66. The molecule has 22 heavy (non-hydrogen) atoms. The lowest BCUT2D eigenvalue weighted by molar-refractivity contribution is -0.136. The number of hydrazone groups is 1. The van der Waals surface area contributed by atoms with Crippen LogP contribution < -0.4 is 10.7 Å². The molecule has 2 aromatic rings. The fourth-order valence-corrected chi connectivity index (χ4v) is 1.79. The maximum Gasteiger partial charge on any atom is 0.329 e. The molecule has 0 fully saturated rings. The Morgan fingerprint density at radius 3 is 2.41 bits per heavy atom. The van der Waals surface area contributed by atoms with E-state index < -0.39 is 11.8 Å². The minimum absolute atomic E-state index is 0.354. The normalized spacial score (nSPS) is 10.5. The summed E-state index contributed by atoms with van der Waals surface area (Å²) in [6.45, 7) is 1.97. The molecule has 2 N–H and O–H groups in total. The summed E-state index contributed by atoms with van der Waals surface area (Å²) in [4.78, 5) is 23.3. The lowest BCUT2D eigenvalue weighted by atomic mass is 10.2. The fraction of sp³-hybridized carbons (Fsp3) is 0.0625. The van der Waals surface area contributed by atoms with Crippen LogP contribution in [0.1, 0.15) is 11.1 Å². The first-order chi connectivity index (χ1) is 10.6. The van der Waals surface area contributed by atoms with Crippen molar-refractivity contribution in [2.75, 3.05) is 5.32 Å². The molecule has 0 aliphatic heterocycles. The summed E-state index contributed by atoms with van der Waals surface area (Å²) in [6.07, 6.45) is 1.46. The summed E-state index contributed by atoms with van der Waals surface area (Å²) in [5, 5.41) is 6.50. The Morgan fingerprint density at radius 2 is 1.73 bits per heavy atom. The van der Waals surface area contributed by atoms with Gasteiger partial charge in [-0.15, -0.1) is 0 Å². The SMILES string of the molecule is Cc1ccc(/C=N\NC(=O)C(=O)Nc2ccccc2Cl)cc1. The topological polar surface area (TPSA) is 70.6 Å². The molecule has 0 spiro atoms. The van der Waals surface area contributed by atoms with E-state index >= 15 is 0 Å². The number of anilines is 1. The summed E-state index contributed by atoms with van der Waals surface area (Å²) in [5.41, 5.74) is 4.47. The van der Waals surface area contributed by atoms with Crippen LogP contribution in [0.2, 0.25) is 5.02 Å². The first kappa shape index (κ1) is 15.7. The van der Waals surface area contributed by atoms with Gasteiger partial charge in [0.15, 0.2) is 0 Å². The molecule has 0 bridgehead atoms. The molecule has 0 unspecified atom stereocenters. The van der Waals surface area contributed by atoms with Crippen molar-refractivity contribution in [1.29, 1.82) is 0 Å². The van der Waals surface area contributed by atoms with Crippen LogP contribution in [0.4, 0.5) is 5.69 Å². The Balaban J connectivity index is 1.90. The van der Waals surface area contributed by atoms with Gasteiger partial charge in [0.1, 0.15) is 0 Å². The van der Waals surface area contributed by atoms with Gasteiger partial charge in [0.2, 0.25) is 0 Å². The van der Waals surface area contributed by atoms with E-state index in [2.05, 4.69) is 15.8 Å². The molecular weight excluding hydrogens is 302 g/mol. The molecule has 0 atom stereocenters. The summed E-state index contributed by atoms with van der Waals surface area (Å²) in [7, 11) is 0. The van der Waals surface area contributed by atoms with Crippen LogP contribution in [0, 0.1) is 6.92 Å². The van der Waals surface area contributed by atoms with E-state index in [0.717, 1.165) is 11.1 Å². The highest BCUT2D eigenvalue weighted by molar-refractivity contribution is 6.41. The average molecular weight is 316 g/mol. The first-order valence-corrected chi connectivity index (χ1v) is 6.89. The lowest BCUT2D eigenvalue weighted by Crippen LogP contribution is -2.32. The van der Waals surface area contributed by atoms with Gasteiger partial charge in [-0.05, 0) is 24.6 Å². The number of nitrogens with one attached hydrogen (secondary N) is 2. The van der Waals surface area contributed by atoms with Gasteiger partial charge in [-0.3, -0.25) is 9.59 Å². The monoisotopic (exact) mass is 315 g/mol. The highest BCUT2D eigenvalue weighted by Crippen LogP contribution is 2.20. The molecule has 0 aliphatic rings. The van der Waals surface area contributed by atoms with Crippen LogP contribution in [-0.2, 0) is 9.59 Å². The van der Waals surface area contributed by atoms with E-state index in [0.29, 0.717) is 10.7 Å². The van der Waals surface area contributed by atoms with Crippen molar-refractivity contribution in [1.82, 2.24) is 5.43 Å². The van der Waals surface area contributed by atoms with E-state index in [-0.39, 0.29) is 0 Å². The van der Waals surface area contributed by atoms with Gasteiger partial charge >= 0.3 is 11.8 Å². The Labute approximate surface area is 133 Å². The molecule has 6 heteroatoms. The number of amides is 2. The number of halogens is 1. The summed E-state index contributed by atoms with van der Waals surface area (Å²) < 4.78 is 0. The van der Waals surface area contributed by atoms with Crippen molar-refractivity contribution < 1.29 is 9.59 Å². The average Bonchev–Trinajstić information content (AvgIpc) is 2.51. The minimum Gasteiger partial charge on any atom is -0.316 e. The molecule has 0 radical (unpaired) electrons. The number of carbonyl (C=O) groups excluding carboxylic acids is 2. The van der Waals surface area contributed by atoms with Crippen molar-refractivity contribution in [2.45, 2.75) is 6.92 Å². The Kier molecular flexibility index (Phi) is 5.27. The Bertz CT molecular complexity index is 712. The van der Waals surface area contributed by atoms with Gasteiger partial charge in [-0.25, -0.2) is 5.43 Å². The van der Waals surface area contributed by atoms with E-state index in [4.69, 9.17) is 11.6 Å². The molecule has 0 heterocycles. The van der Waals surface area contributed by atoms with Gasteiger partial charge in [0.05, 0.1) is 16.9 Å². The number of hydrogen-bond acceptors (Lipinski definition) is 3. The maximum atomic E-state index is 11.7. The van der Waals surface area contributed by atoms with E-state index in [1.165, 1.54) is 6.21 Å². The molecule has 5 nitrogen and oxygen atoms in total. The van der Waals surface area contributed by atoms with Crippen LogP contribution in [0.3, 0.4) is 0 Å². The quantitative estimate of drug-likeness (QED) is 0.519. The molecule has 0 saturated carbocycles. The number of para-hydroxylation sites is 1. The van der Waals surface area contributed by atoms with Gasteiger partial charge in [-0.2, -0.15) is 5.10 Å². The smallest absolute Gasteiger partial charge is 0.316 e. The minimum atomic E-state index is -0.872. The number of carbonyl (C=O) groups is 2. The van der Waals surface area contributed by atoms with Gasteiger partial charge < -0.3 is 5.32 Å². The summed E-state index contributed by atoms with van der Waals surface area (Å²) in [5.74, 6) is -1.71. The number of aryl methyl sites for hydroxylation is 1. The van der Waals surface area contributed by atoms with Crippen LogP contribution in [-0.4, -0.2) is 18.0 Å². The highest BCUT2D eigenvalue weighted by Gasteiger charge is 2.13. The second kappa shape index (κ2) is 7.38.